The normalized spacial score (nSPS) is 10.4. The molecule has 0 saturated heterocycles. The van der Waals surface area contributed by atoms with Gasteiger partial charge in [0.15, 0.2) is 0 Å². The predicted octanol–water partition coefficient (Wildman–Crippen LogP) is 2.59. The molecule has 0 aliphatic heterocycles. The van der Waals surface area contributed by atoms with E-state index in [2.05, 4.69) is 52.3 Å². The first-order valence-electron chi connectivity index (χ1n) is 5.46. The number of nitrogens with one attached hydrogen (secondary N) is 1. The fraction of sp³-hybridized carbons (Fsp3) is 0.308. The zero-order valence-electron chi connectivity index (χ0n) is 9.99. The van der Waals surface area contributed by atoms with Gasteiger partial charge in [0.05, 0.1) is 12.2 Å². The van der Waals surface area contributed by atoms with Gasteiger partial charge in [-0.2, -0.15) is 0 Å². The fourth-order valence-corrected chi connectivity index (χ4v) is 1.76. The molecule has 0 aliphatic rings. The van der Waals surface area contributed by atoms with E-state index in [1.165, 1.54) is 11.1 Å². The Hall–Kier alpha value is -1.77. The lowest BCUT2D eigenvalue weighted by atomic mass is 10.1. The number of nitrogens with zero attached hydrogens (tertiary/aromatic N) is 2. The zero-order chi connectivity index (χ0) is 11.5. The molecule has 0 amide bonds. The van der Waals surface area contributed by atoms with Crippen LogP contribution in [0, 0.1) is 13.8 Å². The van der Waals surface area contributed by atoms with E-state index in [1.54, 1.807) is 0 Å². The molecule has 84 valence electrons. The quantitative estimate of drug-likeness (QED) is 0.853. The second-order valence-corrected chi connectivity index (χ2v) is 4.07. The molecule has 1 aromatic carbocycles. The minimum atomic E-state index is 0.858. The molecule has 0 atom stereocenters. The number of aryl methyl sites for hydroxylation is 2. The van der Waals surface area contributed by atoms with Crippen LogP contribution in [0.15, 0.2) is 30.5 Å². The highest BCUT2D eigenvalue weighted by Gasteiger charge is 2.03. The third-order valence-corrected chi connectivity index (χ3v) is 2.59. The van der Waals surface area contributed by atoms with E-state index in [4.69, 9.17) is 0 Å². The van der Waals surface area contributed by atoms with E-state index in [-0.39, 0.29) is 0 Å². The average Bonchev–Trinajstić information content (AvgIpc) is 2.62. The van der Waals surface area contributed by atoms with Crippen molar-refractivity contribution in [3.63, 3.8) is 0 Å². The Bertz CT molecular complexity index is 468. The maximum atomic E-state index is 4.39. The molecule has 0 saturated carbocycles. The number of aromatic nitrogens is 2. The van der Waals surface area contributed by atoms with Gasteiger partial charge in [0, 0.05) is 13.2 Å². The van der Waals surface area contributed by atoms with Gasteiger partial charge in [-0.05, 0) is 19.4 Å². The average molecular weight is 215 g/mol. The summed E-state index contributed by atoms with van der Waals surface area (Å²) in [7, 11) is 1.90. The van der Waals surface area contributed by atoms with Gasteiger partial charge in [-0.3, -0.25) is 0 Å². The molecule has 0 aliphatic carbocycles. The van der Waals surface area contributed by atoms with Crippen LogP contribution in [0.25, 0.3) is 0 Å². The highest BCUT2D eigenvalue weighted by Crippen LogP contribution is 2.12. The van der Waals surface area contributed by atoms with Crippen molar-refractivity contribution >= 4 is 5.95 Å². The van der Waals surface area contributed by atoms with Crippen LogP contribution in [0.4, 0.5) is 5.95 Å². The van der Waals surface area contributed by atoms with E-state index in [1.807, 2.05) is 14.0 Å². The first-order valence-corrected chi connectivity index (χ1v) is 5.46. The van der Waals surface area contributed by atoms with Crippen LogP contribution in [0.5, 0.6) is 0 Å². The van der Waals surface area contributed by atoms with E-state index in [0.717, 1.165) is 18.2 Å². The van der Waals surface area contributed by atoms with Crippen LogP contribution in [0.2, 0.25) is 0 Å². The summed E-state index contributed by atoms with van der Waals surface area (Å²) in [5, 5.41) is 3.10. The van der Waals surface area contributed by atoms with E-state index >= 15 is 0 Å². The Morgan fingerprint density at radius 1 is 1.19 bits per heavy atom. The van der Waals surface area contributed by atoms with Crippen LogP contribution >= 0.6 is 0 Å². The molecule has 0 spiro atoms. The predicted molar refractivity (Wildman–Crippen MR) is 66.8 cm³/mol. The van der Waals surface area contributed by atoms with Crippen LogP contribution in [-0.4, -0.2) is 16.6 Å². The number of imidazole rings is 1. The molecule has 0 unspecified atom stereocenters. The van der Waals surface area contributed by atoms with Crippen LogP contribution < -0.4 is 5.32 Å². The second-order valence-electron chi connectivity index (χ2n) is 4.07. The molecule has 1 heterocycles. The van der Waals surface area contributed by atoms with Crippen molar-refractivity contribution in [2.24, 2.45) is 0 Å². The van der Waals surface area contributed by atoms with Crippen LogP contribution in [-0.2, 0) is 6.54 Å². The maximum Gasteiger partial charge on any atom is 0.203 e. The molecule has 1 N–H and O–H groups in total. The monoisotopic (exact) mass is 215 g/mol. The molecule has 0 radical (unpaired) electrons. The summed E-state index contributed by atoms with van der Waals surface area (Å²) in [5.41, 5.74) is 3.62. The van der Waals surface area contributed by atoms with Crippen molar-refractivity contribution in [2.45, 2.75) is 20.4 Å². The Balaban J connectivity index is 2.22. The van der Waals surface area contributed by atoms with Gasteiger partial charge < -0.3 is 9.88 Å². The van der Waals surface area contributed by atoms with Crippen molar-refractivity contribution in [1.82, 2.24) is 9.55 Å². The zero-order valence-corrected chi connectivity index (χ0v) is 9.99. The molecular formula is C13H17N3. The lowest BCUT2D eigenvalue weighted by molar-refractivity contribution is 0.804. The molecule has 3 heteroatoms. The molecule has 16 heavy (non-hydrogen) atoms. The molecule has 0 bridgehead atoms. The Kier molecular flexibility index (Phi) is 2.95. The van der Waals surface area contributed by atoms with Crippen molar-refractivity contribution in [3.8, 4) is 0 Å². The summed E-state index contributed by atoms with van der Waals surface area (Å²) in [4.78, 5) is 4.39. The summed E-state index contributed by atoms with van der Waals surface area (Å²) in [6.45, 7) is 4.97. The SMILES string of the molecule is CNc1nc(C)cn1Cc1ccc(C)cc1. The summed E-state index contributed by atoms with van der Waals surface area (Å²) in [6.07, 6.45) is 2.06. The number of rotatable bonds is 3. The third-order valence-electron chi connectivity index (χ3n) is 2.59. The first kappa shape index (κ1) is 10.7. The Morgan fingerprint density at radius 3 is 2.50 bits per heavy atom. The van der Waals surface area contributed by atoms with Gasteiger partial charge in [0.1, 0.15) is 0 Å². The minimum Gasteiger partial charge on any atom is -0.359 e. The lowest BCUT2D eigenvalue weighted by Gasteiger charge is -2.07. The van der Waals surface area contributed by atoms with Gasteiger partial charge >= 0.3 is 0 Å². The number of benzene rings is 1. The minimum absolute atomic E-state index is 0.858. The second kappa shape index (κ2) is 4.39. The summed E-state index contributed by atoms with van der Waals surface area (Å²) in [5.74, 6) is 0.915. The standard InChI is InChI=1S/C13H17N3/c1-10-4-6-12(7-5-10)9-16-8-11(2)15-13(16)14-3/h4-8H,9H2,1-3H3,(H,14,15). The van der Waals surface area contributed by atoms with Gasteiger partial charge in [-0.15, -0.1) is 0 Å². The van der Waals surface area contributed by atoms with Gasteiger partial charge in [0.2, 0.25) is 5.95 Å². The third kappa shape index (κ3) is 2.24. The number of anilines is 1. The van der Waals surface area contributed by atoms with Crippen LogP contribution in [0.1, 0.15) is 16.8 Å². The topological polar surface area (TPSA) is 29.9 Å². The summed E-state index contributed by atoms with van der Waals surface area (Å²) < 4.78 is 2.12. The van der Waals surface area contributed by atoms with E-state index in [0.29, 0.717) is 0 Å². The first-order chi connectivity index (χ1) is 7.69. The van der Waals surface area contributed by atoms with Gasteiger partial charge in [-0.1, -0.05) is 29.8 Å². The van der Waals surface area contributed by atoms with Crippen molar-refractivity contribution < 1.29 is 0 Å². The number of hydrogen-bond acceptors (Lipinski definition) is 2. The molecule has 3 nitrogen and oxygen atoms in total. The fourth-order valence-electron chi connectivity index (χ4n) is 1.76. The smallest absolute Gasteiger partial charge is 0.203 e. The largest absolute Gasteiger partial charge is 0.359 e. The van der Waals surface area contributed by atoms with Crippen molar-refractivity contribution in [1.29, 1.82) is 0 Å². The molecule has 2 rings (SSSR count). The highest BCUT2D eigenvalue weighted by atomic mass is 15.2. The van der Waals surface area contributed by atoms with Gasteiger partial charge in [-0.25, -0.2) is 4.98 Å². The van der Waals surface area contributed by atoms with Gasteiger partial charge in [0.25, 0.3) is 0 Å². The Labute approximate surface area is 96.1 Å². The highest BCUT2D eigenvalue weighted by molar-refractivity contribution is 5.30. The molecule has 1 aromatic heterocycles. The molecule has 2 aromatic rings. The molecule has 0 fully saturated rings. The maximum absolute atomic E-state index is 4.39. The van der Waals surface area contributed by atoms with Crippen LogP contribution in [0.3, 0.4) is 0 Å². The summed E-state index contributed by atoms with van der Waals surface area (Å²) >= 11 is 0. The van der Waals surface area contributed by atoms with E-state index in [9.17, 15) is 0 Å². The van der Waals surface area contributed by atoms with Crippen molar-refractivity contribution in [3.05, 3.63) is 47.3 Å². The lowest BCUT2D eigenvalue weighted by Crippen LogP contribution is -2.03. The Morgan fingerprint density at radius 2 is 1.88 bits per heavy atom. The van der Waals surface area contributed by atoms with Crippen molar-refractivity contribution in [2.75, 3.05) is 12.4 Å². The molecular weight excluding hydrogens is 198 g/mol. The summed E-state index contributed by atoms with van der Waals surface area (Å²) in [6, 6.07) is 8.59. The number of hydrogen-bond donors (Lipinski definition) is 1. The van der Waals surface area contributed by atoms with E-state index < -0.39 is 0 Å².